The molecule has 0 saturated carbocycles. The Kier molecular flexibility index (Phi) is 4.10. The molecular weight excluding hydrogens is 154 g/mol. The van der Waals surface area contributed by atoms with Gasteiger partial charge in [-0.2, -0.15) is 0 Å². The molecule has 0 aliphatic rings. The number of guanidine groups is 2. The zero-order valence-electron chi connectivity index (χ0n) is 7.59. The molecule has 0 atom stereocenters. The third-order valence-corrected chi connectivity index (χ3v) is 1.83. The van der Waals surface area contributed by atoms with Gasteiger partial charge in [-0.3, -0.25) is 15.7 Å². The Morgan fingerprint density at radius 1 is 1.17 bits per heavy atom. The van der Waals surface area contributed by atoms with E-state index < -0.39 is 0 Å². The minimum atomic E-state index is -0.156. The van der Waals surface area contributed by atoms with Crippen molar-refractivity contribution < 1.29 is 0 Å². The number of nitrogens with one attached hydrogen (secondary N) is 2. The Morgan fingerprint density at radius 2 is 1.50 bits per heavy atom. The van der Waals surface area contributed by atoms with Gasteiger partial charge < -0.3 is 11.5 Å². The maximum Gasteiger partial charge on any atom is 0.195 e. The number of rotatable bonds is 3. The average molecular weight is 171 g/mol. The van der Waals surface area contributed by atoms with Crippen molar-refractivity contribution in [3.63, 3.8) is 0 Å². The Labute approximate surface area is 72.7 Å². The summed E-state index contributed by atoms with van der Waals surface area (Å²) in [5.74, 6) is -0.313. The highest BCUT2D eigenvalue weighted by molar-refractivity contribution is 5.94. The van der Waals surface area contributed by atoms with Crippen molar-refractivity contribution in [2.75, 3.05) is 0 Å². The molecule has 0 aliphatic heterocycles. The van der Waals surface area contributed by atoms with Crippen LogP contribution in [0.4, 0.5) is 0 Å². The second-order valence-electron chi connectivity index (χ2n) is 2.61. The van der Waals surface area contributed by atoms with Crippen molar-refractivity contribution in [3.8, 4) is 0 Å². The Hall–Kier alpha value is -1.26. The van der Waals surface area contributed by atoms with Crippen LogP contribution in [-0.2, 0) is 0 Å². The quantitative estimate of drug-likeness (QED) is 0.362. The molecule has 0 aliphatic carbocycles. The first-order chi connectivity index (χ1) is 5.54. The molecule has 0 saturated heterocycles. The molecular formula is C7H17N5. The van der Waals surface area contributed by atoms with Gasteiger partial charge in [0.25, 0.3) is 0 Å². The van der Waals surface area contributed by atoms with E-state index in [9.17, 15) is 0 Å². The summed E-state index contributed by atoms with van der Waals surface area (Å²) in [6, 6.07) is 0.0694. The molecule has 5 nitrogen and oxygen atoms in total. The highest BCUT2D eigenvalue weighted by atomic mass is 15.3. The van der Waals surface area contributed by atoms with Gasteiger partial charge in [0, 0.05) is 6.04 Å². The Balaban J connectivity index is 4.47. The minimum Gasteiger partial charge on any atom is -0.370 e. The molecule has 6 N–H and O–H groups in total. The standard InChI is InChI=1S/C7H17N5/c1-3-5(4-2)12(6(8)9)7(10)11/h5H,3-4H2,1-2H3,(H3,8,9)(H3,10,11). The molecule has 0 unspecified atom stereocenters. The summed E-state index contributed by atoms with van der Waals surface area (Å²) in [4.78, 5) is 1.33. The molecule has 0 amide bonds. The zero-order chi connectivity index (χ0) is 9.72. The second-order valence-corrected chi connectivity index (χ2v) is 2.61. The van der Waals surface area contributed by atoms with Gasteiger partial charge in [-0.15, -0.1) is 0 Å². The lowest BCUT2D eigenvalue weighted by Gasteiger charge is -2.28. The van der Waals surface area contributed by atoms with Gasteiger partial charge >= 0.3 is 0 Å². The summed E-state index contributed by atoms with van der Waals surface area (Å²) in [5, 5.41) is 14.4. The highest BCUT2D eigenvalue weighted by Gasteiger charge is 2.18. The summed E-state index contributed by atoms with van der Waals surface area (Å²) in [7, 11) is 0. The van der Waals surface area contributed by atoms with E-state index >= 15 is 0 Å². The van der Waals surface area contributed by atoms with Crippen LogP contribution in [0.15, 0.2) is 0 Å². The Bertz CT molecular complexity index is 159. The third-order valence-electron chi connectivity index (χ3n) is 1.83. The lowest BCUT2D eigenvalue weighted by Crippen LogP contribution is -2.50. The molecule has 0 aromatic rings. The monoisotopic (exact) mass is 171 g/mol. The van der Waals surface area contributed by atoms with Crippen LogP contribution >= 0.6 is 0 Å². The third kappa shape index (κ3) is 2.41. The number of nitrogens with zero attached hydrogens (tertiary/aromatic N) is 1. The van der Waals surface area contributed by atoms with E-state index in [1.54, 1.807) is 0 Å². The van der Waals surface area contributed by atoms with Gasteiger partial charge in [-0.25, -0.2) is 0 Å². The molecule has 5 heteroatoms. The predicted octanol–water partition coefficient (Wildman–Crippen LogP) is 0.264. The largest absolute Gasteiger partial charge is 0.370 e. The van der Waals surface area contributed by atoms with Crippen molar-refractivity contribution in [1.29, 1.82) is 10.8 Å². The van der Waals surface area contributed by atoms with Crippen LogP contribution in [-0.4, -0.2) is 22.9 Å². The molecule has 0 spiro atoms. The van der Waals surface area contributed by atoms with Crippen LogP contribution in [0.1, 0.15) is 26.7 Å². The Morgan fingerprint density at radius 3 is 1.58 bits per heavy atom. The van der Waals surface area contributed by atoms with Gasteiger partial charge in [0.1, 0.15) is 0 Å². The number of nitrogens with two attached hydrogens (primary N) is 2. The van der Waals surface area contributed by atoms with Gasteiger partial charge in [-0.1, -0.05) is 13.8 Å². The van der Waals surface area contributed by atoms with Gasteiger partial charge in [-0.05, 0) is 12.8 Å². The van der Waals surface area contributed by atoms with E-state index in [1.807, 2.05) is 13.8 Å². The molecule has 0 aromatic heterocycles. The maximum absolute atomic E-state index is 7.20. The van der Waals surface area contributed by atoms with Crippen molar-refractivity contribution in [2.45, 2.75) is 32.7 Å². The van der Waals surface area contributed by atoms with Crippen LogP contribution in [0.5, 0.6) is 0 Å². The minimum absolute atomic E-state index is 0.0694. The van der Waals surface area contributed by atoms with Crippen molar-refractivity contribution >= 4 is 11.9 Å². The lowest BCUT2D eigenvalue weighted by atomic mass is 10.1. The van der Waals surface area contributed by atoms with E-state index in [-0.39, 0.29) is 18.0 Å². The molecule has 12 heavy (non-hydrogen) atoms. The van der Waals surface area contributed by atoms with Crippen LogP contribution in [0, 0.1) is 10.8 Å². The number of hydrogen-bond acceptors (Lipinski definition) is 2. The second kappa shape index (κ2) is 4.58. The summed E-state index contributed by atoms with van der Waals surface area (Å²) in [6.07, 6.45) is 1.66. The first-order valence-electron chi connectivity index (χ1n) is 4.01. The average Bonchev–Trinajstić information content (AvgIpc) is 1.98. The highest BCUT2D eigenvalue weighted by Crippen LogP contribution is 2.06. The summed E-state index contributed by atoms with van der Waals surface area (Å²) in [5.41, 5.74) is 10.6. The van der Waals surface area contributed by atoms with Crippen molar-refractivity contribution in [3.05, 3.63) is 0 Å². The number of hydrogen-bond donors (Lipinski definition) is 4. The molecule has 0 fully saturated rings. The summed E-state index contributed by atoms with van der Waals surface area (Å²) < 4.78 is 0. The molecule has 0 heterocycles. The maximum atomic E-state index is 7.20. The molecule has 0 aromatic carbocycles. The first kappa shape index (κ1) is 10.7. The smallest absolute Gasteiger partial charge is 0.195 e. The fraction of sp³-hybridized carbons (Fsp3) is 0.714. The van der Waals surface area contributed by atoms with E-state index in [4.69, 9.17) is 22.3 Å². The SMILES string of the molecule is CCC(CC)N(C(=N)N)C(=N)N. The molecule has 70 valence electrons. The van der Waals surface area contributed by atoms with Crippen LogP contribution in [0.3, 0.4) is 0 Å². The van der Waals surface area contributed by atoms with Crippen molar-refractivity contribution in [1.82, 2.24) is 4.90 Å². The lowest BCUT2D eigenvalue weighted by molar-refractivity contribution is 0.398. The van der Waals surface area contributed by atoms with Crippen LogP contribution in [0.2, 0.25) is 0 Å². The van der Waals surface area contributed by atoms with E-state index in [0.717, 1.165) is 12.8 Å². The fourth-order valence-electron chi connectivity index (χ4n) is 1.18. The van der Waals surface area contributed by atoms with Crippen LogP contribution < -0.4 is 11.5 Å². The molecule has 0 rings (SSSR count). The summed E-state index contributed by atoms with van der Waals surface area (Å²) in [6.45, 7) is 3.96. The summed E-state index contributed by atoms with van der Waals surface area (Å²) >= 11 is 0. The predicted molar refractivity (Wildman–Crippen MR) is 50.0 cm³/mol. The normalized spacial score (nSPS) is 9.92. The van der Waals surface area contributed by atoms with E-state index in [2.05, 4.69) is 0 Å². The van der Waals surface area contributed by atoms with Crippen molar-refractivity contribution in [2.24, 2.45) is 11.5 Å². The molecule has 0 radical (unpaired) electrons. The zero-order valence-corrected chi connectivity index (χ0v) is 7.59. The topological polar surface area (TPSA) is 103 Å². The first-order valence-corrected chi connectivity index (χ1v) is 4.01. The van der Waals surface area contributed by atoms with E-state index in [0.29, 0.717) is 0 Å². The van der Waals surface area contributed by atoms with Gasteiger partial charge in [0.15, 0.2) is 11.9 Å². The molecule has 0 bridgehead atoms. The van der Waals surface area contributed by atoms with Gasteiger partial charge in [0.05, 0.1) is 0 Å². The van der Waals surface area contributed by atoms with Crippen LogP contribution in [0.25, 0.3) is 0 Å². The fourth-order valence-corrected chi connectivity index (χ4v) is 1.18. The van der Waals surface area contributed by atoms with E-state index in [1.165, 1.54) is 4.90 Å². The van der Waals surface area contributed by atoms with Gasteiger partial charge in [0.2, 0.25) is 0 Å².